The van der Waals surface area contributed by atoms with Gasteiger partial charge in [0.05, 0.1) is 22.3 Å². The van der Waals surface area contributed by atoms with Crippen LogP contribution in [0.15, 0.2) is 83.3 Å². The number of fused-ring (bicyclic) bond motifs is 5. The molecule has 2 amide bonds. The van der Waals surface area contributed by atoms with Gasteiger partial charge in [0, 0.05) is 66.3 Å². The number of aryl methyl sites for hydroxylation is 2. The lowest BCUT2D eigenvalue weighted by Crippen LogP contribution is -2.59. The van der Waals surface area contributed by atoms with E-state index in [0.29, 0.717) is 58.4 Å². The average molecular weight is 709 g/mol. The number of amides is 2. The SMILES string of the molecule is O=C(Nc1ccc(C(=O)N2CCc3cc(-c4nc5ccccc5[nH]4)oc3-c3ccc(F)cc32)cc1)c1cc2c(nc1N1CC3(CCOCC3)C1)CCC2. The maximum absolute atomic E-state index is 14.8. The van der Waals surface area contributed by atoms with Gasteiger partial charge in [-0.25, -0.2) is 14.4 Å². The summed E-state index contributed by atoms with van der Waals surface area (Å²) in [4.78, 5) is 44.8. The van der Waals surface area contributed by atoms with E-state index in [1.807, 2.05) is 36.4 Å². The van der Waals surface area contributed by atoms with Crippen molar-refractivity contribution in [2.75, 3.05) is 48.0 Å². The van der Waals surface area contributed by atoms with Crippen LogP contribution in [0.25, 0.3) is 33.9 Å². The van der Waals surface area contributed by atoms with Gasteiger partial charge >= 0.3 is 0 Å². The zero-order valence-corrected chi connectivity index (χ0v) is 29.1. The van der Waals surface area contributed by atoms with Gasteiger partial charge in [-0.2, -0.15) is 0 Å². The number of para-hydroxylation sites is 2. The van der Waals surface area contributed by atoms with Crippen molar-refractivity contribution in [1.82, 2.24) is 15.0 Å². The van der Waals surface area contributed by atoms with Crippen LogP contribution in [-0.2, 0) is 24.0 Å². The fourth-order valence-electron chi connectivity index (χ4n) is 8.47. The number of pyridine rings is 1. The molecule has 53 heavy (non-hydrogen) atoms. The van der Waals surface area contributed by atoms with E-state index in [4.69, 9.17) is 14.1 Å². The number of carbonyl (C=O) groups excluding carboxylic acids is 2. The largest absolute Gasteiger partial charge is 0.452 e. The minimum absolute atomic E-state index is 0.221. The highest BCUT2D eigenvalue weighted by atomic mass is 19.1. The van der Waals surface area contributed by atoms with E-state index in [-0.39, 0.29) is 17.2 Å². The Labute approximate surface area is 305 Å². The van der Waals surface area contributed by atoms with Crippen LogP contribution in [0.3, 0.4) is 0 Å². The first-order valence-electron chi connectivity index (χ1n) is 18.4. The van der Waals surface area contributed by atoms with Crippen LogP contribution in [0.2, 0.25) is 0 Å². The summed E-state index contributed by atoms with van der Waals surface area (Å²) >= 11 is 0. The number of anilines is 3. The fourth-order valence-corrected chi connectivity index (χ4v) is 8.47. The molecule has 10 rings (SSSR count). The number of halogens is 1. The number of imidazole rings is 1. The van der Waals surface area contributed by atoms with E-state index >= 15 is 0 Å². The molecule has 1 aliphatic carbocycles. The predicted molar refractivity (Wildman–Crippen MR) is 200 cm³/mol. The average Bonchev–Trinajstić information content (AvgIpc) is 3.91. The van der Waals surface area contributed by atoms with Gasteiger partial charge in [-0.05, 0) is 111 Å². The second-order valence-corrected chi connectivity index (χ2v) is 14.8. The van der Waals surface area contributed by atoms with Gasteiger partial charge in [0.2, 0.25) is 0 Å². The molecule has 10 nitrogen and oxygen atoms in total. The Morgan fingerprint density at radius 1 is 0.887 bits per heavy atom. The van der Waals surface area contributed by atoms with Crippen molar-refractivity contribution in [3.05, 3.63) is 113 Å². The van der Waals surface area contributed by atoms with Crippen LogP contribution in [0.4, 0.5) is 21.6 Å². The normalized spacial score (nSPS) is 17.2. The molecule has 2 saturated heterocycles. The number of benzene rings is 3. The zero-order valence-electron chi connectivity index (χ0n) is 29.1. The van der Waals surface area contributed by atoms with Crippen LogP contribution in [0.1, 0.15) is 56.8 Å². The smallest absolute Gasteiger partial charge is 0.259 e. The molecule has 0 unspecified atom stereocenters. The van der Waals surface area contributed by atoms with Crippen molar-refractivity contribution in [3.63, 3.8) is 0 Å². The van der Waals surface area contributed by atoms with Crippen LogP contribution in [0.5, 0.6) is 0 Å². The molecule has 1 spiro atoms. The molecule has 0 bridgehead atoms. The van der Waals surface area contributed by atoms with E-state index in [2.05, 4.69) is 20.2 Å². The van der Waals surface area contributed by atoms with Crippen molar-refractivity contribution < 1.29 is 23.1 Å². The molecule has 0 atom stereocenters. The van der Waals surface area contributed by atoms with Crippen molar-refractivity contribution in [2.24, 2.45) is 5.41 Å². The van der Waals surface area contributed by atoms with Crippen LogP contribution in [-0.4, -0.2) is 59.6 Å². The van der Waals surface area contributed by atoms with Crippen molar-refractivity contribution in [2.45, 2.75) is 38.5 Å². The number of H-pyrrole nitrogens is 1. The predicted octanol–water partition coefficient (Wildman–Crippen LogP) is 7.58. The second kappa shape index (κ2) is 12.4. The number of carbonyl (C=O) groups is 2. The summed E-state index contributed by atoms with van der Waals surface area (Å²) in [5.74, 6) is 1.58. The van der Waals surface area contributed by atoms with Gasteiger partial charge in [-0.15, -0.1) is 0 Å². The minimum atomic E-state index is -0.450. The van der Waals surface area contributed by atoms with Crippen molar-refractivity contribution in [3.8, 4) is 22.9 Å². The van der Waals surface area contributed by atoms with Gasteiger partial charge in [0.15, 0.2) is 11.6 Å². The van der Waals surface area contributed by atoms with E-state index in [9.17, 15) is 14.0 Å². The zero-order chi connectivity index (χ0) is 35.7. The van der Waals surface area contributed by atoms with Crippen molar-refractivity contribution >= 4 is 40.0 Å². The van der Waals surface area contributed by atoms with Crippen LogP contribution < -0.4 is 15.1 Å². The highest BCUT2D eigenvalue weighted by Crippen LogP contribution is 2.44. The number of aromatic amines is 1. The molecule has 266 valence electrons. The highest BCUT2D eigenvalue weighted by Gasteiger charge is 2.45. The van der Waals surface area contributed by atoms with Crippen LogP contribution in [0, 0.1) is 11.2 Å². The molecule has 0 saturated carbocycles. The van der Waals surface area contributed by atoms with E-state index in [0.717, 1.165) is 92.1 Å². The molecule has 11 heteroatoms. The first-order valence-corrected chi connectivity index (χ1v) is 18.4. The van der Waals surface area contributed by atoms with Gasteiger partial charge in [0.25, 0.3) is 11.8 Å². The van der Waals surface area contributed by atoms with Crippen molar-refractivity contribution in [1.29, 1.82) is 0 Å². The Bertz CT molecular complexity index is 2390. The summed E-state index contributed by atoms with van der Waals surface area (Å²) in [7, 11) is 0. The standard InChI is InChI=1S/C42H37FN6O4/c43-28-10-13-30-35(22-28)49(17-14-27-21-36(53-37(27)30)38-45-33-5-1-2-6-34(33)46-38)41(51)25-8-11-29(12-9-25)44-40(50)31-20-26-4-3-7-32(26)47-39(31)48-23-42(24-48)15-18-52-19-16-42/h1-2,5-6,8-13,20-22H,3-4,7,14-19,23-24H2,(H,44,50)(H,45,46). The quantitative estimate of drug-likeness (QED) is 0.190. The molecule has 3 aromatic carbocycles. The molecule has 4 aliphatic rings. The number of rotatable bonds is 5. The van der Waals surface area contributed by atoms with E-state index < -0.39 is 5.82 Å². The Morgan fingerprint density at radius 3 is 2.55 bits per heavy atom. The maximum Gasteiger partial charge on any atom is 0.259 e. The van der Waals surface area contributed by atoms with Crippen LogP contribution >= 0.6 is 0 Å². The number of aromatic nitrogens is 3. The summed E-state index contributed by atoms with van der Waals surface area (Å²) < 4.78 is 26.8. The third-order valence-corrected chi connectivity index (χ3v) is 11.3. The summed E-state index contributed by atoms with van der Waals surface area (Å²) in [6.45, 7) is 3.65. The lowest BCUT2D eigenvalue weighted by Gasteiger charge is -2.53. The lowest BCUT2D eigenvalue weighted by atomic mass is 9.73. The van der Waals surface area contributed by atoms with E-state index in [1.165, 1.54) is 12.1 Å². The first-order chi connectivity index (χ1) is 25.9. The second-order valence-electron chi connectivity index (χ2n) is 14.8. The number of hydrogen-bond acceptors (Lipinski definition) is 7. The maximum atomic E-state index is 14.8. The Kier molecular flexibility index (Phi) is 7.47. The molecule has 3 aromatic heterocycles. The van der Waals surface area contributed by atoms with Gasteiger partial charge in [-0.3, -0.25) is 9.59 Å². The summed E-state index contributed by atoms with van der Waals surface area (Å²) in [6, 6.07) is 23.0. The molecule has 0 radical (unpaired) electrons. The van der Waals surface area contributed by atoms with E-state index in [1.54, 1.807) is 35.2 Å². The molecule has 6 aromatic rings. The molecule has 6 heterocycles. The number of ether oxygens (including phenoxy) is 1. The number of nitrogens with zero attached hydrogens (tertiary/aromatic N) is 4. The lowest BCUT2D eigenvalue weighted by molar-refractivity contribution is -0.000520. The minimum Gasteiger partial charge on any atom is -0.452 e. The highest BCUT2D eigenvalue weighted by molar-refractivity contribution is 6.10. The monoisotopic (exact) mass is 708 g/mol. The third kappa shape index (κ3) is 5.58. The summed E-state index contributed by atoms with van der Waals surface area (Å²) in [6.07, 6.45) is 5.47. The molecule has 2 fully saturated rings. The Hall–Kier alpha value is -5.81. The fraction of sp³-hybridized carbons (Fsp3) is 0.286. The number of hydrogen-bond donors (Lipinski definition) is 2. The van der Waals surface area contributed by atoms with Gasteiger partial charge < -0.3 is 29.3 Å². The number of nitrogens with one attached hydrogen (secondary N) is 2. The first kappa shape index (κ1) is 31.9. The Balaban J connectivity index is 0.889. The molecule has 2 N–H and O–H groups in total. The van der Waals surface area contributed by atoms with Gasteiger partial charge in [0.1, 0.15) is 17.4 Å². The third-order valence-electron chi connectivity index (χ3n) is 11.3. The number of furan rings is 1. The molecular formula is C42H37FN6O4. The molecule has 3 aliphatic heterocycles. The Morgan fingerprint density at radius 2 is 1.72 bits per heavy atom. The summed E-state index contributed by atoms with van der Waals surface area (Å²) in [5.41, 5.74) is 7.75. The topological polar surface area (TPSA) is 117 Å². The van der Waals surface area contributed by atoms with Gasteiger partial charge in [-0.1, -0.05) is 12.1 Å². The summed E-state index contributed by atoms with van der Waals surface area (Å²) in [5, 5.41) is 3.06. The molecular weight excluding hydrogens is 671 g/mol.